The molecule has 25 heavy (non-hydrogen) atoms. The van der Waals surface area contributed by atoms with Crippen LogP contribution in [0.5, 0.6) is 0 Å². The summed E-state index contributed by atoms with van der Waals surface area (Å²) in [6.07, 6.45) is 3.88. The summed E-state index contributed by atoms with van der Waals surface area (Å²) in [6.45, 7) is 1.77. The number of hydrogen-bond donors (Lipinski definition) is 1. The van der Waals surface area contributed by atoms with E-state index in [4.69, 9.17) is 16.9 Å². The SMILES string of the molecule is CN(C)c1ccnc(NC2CCCN(c3ccc(C#N)cc3Cl)C2)n1. The van der Waals surface area contributed by atoms with E-state index < -0.39 is 0 Å². The van der Waals surface area contributed by atoms with Crippen molar-refractivity contribution in [1.29, 1.82) is 5.26 Å². The van der Waals surface area contributed by atoms with Gasteiger partial charge in [-0.1, -0.05) is 11.6 Å². The Kier molecular flexibility index (Phi) is 5.25. The maximum Gasteiger partial charge on any atom is 0.224 e. The zero-order valence-electron chi connectivity index (χ0n) is 14.4. The van der Waals surface area contributed by atoms with E-state index in [9.17, 15) is 0 Å². The van der Waals surface area contributed by atoms with Crippen LogP contribution in [0, 0.1) is 11.3 Å². The van der Waals surface area contributed by atoms with Crippen LogP contribution < -0.4 is 15.1 Å². The summed E-state index contributed by atoms with van der Waals surface area (Å²) >= 11 is 6.36. The van der Waals surface area contributed by atoms with Crippen LogP contribution in [0.1, 0.15) is 18.4 Å². The Morgan fingerprint density at radius 1 is 1.36 bits per heavy atom. The smallest absolute Gasteiger partial charge is 0.224 e. The van der Waals surface area contributed by atoms with E-state index >= 15 is 0 Å². The largest absolute Gasteiger partial charge is 0.368 e. The molecule has 0 saturated carbocycles. The van der Waals surface area contributed by atoms with Crippen LogP contribution in [0.2, 0.25) is 5.02 Å². The first-order valence-corrected chi connectivity index (χ1v) is 8.66. The second kappa shape index (κ2) is 7.58. The van der Waals surface area contributed by atoms with Gasteiger partial charge in [0.2, 0.25) is 5.95 Å². The standard InChI is InChI=1S/C18H21ClN6/c1-24(2)17-7-8-21-18(23-17)22-14-4-3-9-25(12-14)16-6-5-13(11-20)10-15(16)19/h5-8,10,14H,3-4,9,12H2,1-2H3,(H,21,22,23). The molecule has 1 aromatic heterocycles. The molecule has 1 N–H and O–H groups in total. The van der Waals surface area contributed by atoms with Gasteiger partial charge in [0.05, 0.1) is 22.3 Å². The van der Waals surface area contributed by atoms with Gasteiger partial charge in [-0.2, -0.15) is 10.2 Å². The average molecular weight is 357 g/mol. The summed E-state index contributed by atoms with van der Waals surface area (Å²) in [7, 11) is 3.92. The summed E-state index contributed by atoms with van der Waals surface area (Å²) < 4.78 is 0. The topological polar surface area (TPSA) is 68.1 Å². The van der Waals surface area contributed by atoms with Crippen molar-refractivity contribution >= 4 is 29.1 Å². The maximum absolute atomic E-state index is 8.98. The van der Waals surface area contributed by atoms with Crippen molar-refractivity contribution in [2.75, 3.05) is 42.3 Å². The first-order chi connectivity index (χ1) is 12.1. The summed E-state index contributed by atoms with van der Waals surface area (Å²) in [5, 5.41) is 13.0. The first-order valence-electron chi connectivity index (χ1n) is 8.28. The van der Waals surface area contributed by atoms with Gasteiger partial charge in [0, 0.05) is 39.4 Å². The summed E-state index contributed by atoms with van der Waals surface area (Å²) in [4.78, 5) is 13.1. The van der Waals surface area contributed by atoms with Crippen LogP contribution in [0.25, 0.3) is 0 Å². The molecule has 0 spiro atoms. The van der Waals surface area contributed by atoms with Crippen molar-refractivity contribution in [3.63, 3.8) is 0 Å². The lowest BCUT2D eigenvalue weighted by Gasteiger charge is -2.35. The van der Waals surface area contributed by atoms with E-state index in [1.54, 1.807) is 12.3 Å². The molecule has 6 nitrogen and oxygen atoms in total. The Balaban J connectivity index is 1.71. The molecule has 2 heterocycles. The third-order valence-electron chi connectivity index (χ3n) is 4.27. The van der Waals surface area contributed by atoms with Crippen molar-refractivity contribution in [3.05, 3.63) is 41.0 Å². The summed E-state index contributed by atoms with van der Waals surface area (Å²) in [6, 6.07) is 9.70. The second-order valence-electron chi connectivity index (χ2n) is 6.34. The Hall–Kier alpha value is -2.52. The highest BCUT2D eigenvalue weighted by molar-refractivity contribution is 6.33. The molecule has 0 radical (unpaired) electrons. The zero-order valence-corrected chi connectivity index (χ0v) is 15.2. The molecule has 1 saturated heterocycles. The van der Waals surface area contributed by atoms with Crippen LogP contribution in [0.3, 0.4) is 0 Å². The molecule has 1 unspecified atom stereocenters. The number of rotatable bonds is 4. The molecule has 1 fully saturated rings. The Morgan fingerprint density at radius 3 is 2.92 bits per heavy atom. The van der Waals surface area contributed by atoms with Crippen molar-refractivity contribution in [2.45, 2.75) is 18.9 Å². The highest BCUT2D eigenvalue weighted by Crippen LogP contribution is 2.29. The van der Waals surface area contributed by atoms with Crippen molar-refractivity contribution < 1.29 is 0 Å². The van der Waals surface area contributed by atoms with Crippen molar-refractivity contribution in [3.8, 4) is 6.07 Å². The lowest BCUT2D eigenvalue weighted by atomic mass is 10.0. The molecule has 1 atom stereocenters. The van der Waals surface area contributed by atoms with Gasteiger partial charge >= 0.3 is 0 Å². The highest BCUT2D eigenvalue weighted by Gasteiger charge is 2.22. The molecular weight excluding hydrogens is 336 g/mol. The van der Waals surface area contributed by atoms with E-state index in [2.05, 4.69) is 26.3 Å². The van der Waals surface area contributed by atoms with Gasteiger partial charge in [0.25, 0.3) is 0 Å². The third kappa shape index (κ3) is 4.12. The summed E-state index contributed by atoms with van der Waals surface area (Å²) in [5.74, 6) is 1.52. The van der Waals surface area contributed by atoms with Gasteiger partial charge in [0.15, 0.2) is 0 Å². The summed E-state index contributed by atoms with van der Waals surface area (Å²) in [5.41, 5.74) is 1.55. The van der Waals surface area contributed by atoms with Gasteiger partial charge in [-0.05, 0) is 37.1 Å². The molecule has 0 aliphatic carbocycles. The van der Waals surface area contributed by atoms with Crippen LogP contribution in [-0.2, 0) is 0 Å². The van der Waals surface area contributed by atoms with Crippen LogP contribution in [0.4, 0.5) is 17.5 Å². The number of nitrogens with one attached hydrogen (secondary N) is 1. The molecule has 1 aromatic carbocycles. The molecular formula is C18H21ClN6. The lowest BCUT2D eigenvalue weighted by molar-refractivity contribution is 0.527. The molecule has 130 valence electrons. The number of aromatic nitrogens is 2. The molecule has 7 heteroatoms. The van der Waals surface area contributed by atoms with E-state index in [-0.39, 0.29) is 6.04 Å². The number of piperidine rings is 1. The Bertz CT molecular complexity index is 785. The molecule has 1 aliphatic heterocycles. The fourth-order valence-corrected chi connectivity index (χ4v) is 3.30. The molecule has 1 aliphatic rings. The lowest BCUT2D eigenvalue weighted by Crippen LogP contribution is -2.42. The minimum Gasteiger partial charge on any atom is -0.368 e. The van der Waals surface area contributed by atoms with Gasteiger partial charge < -0.3 is 15.1 Å². The number of hydrogen-bond acceptors (Lipinski definition) is 6. The monoisotopic (exact) mass is 356 g/mol. The normalized spacial score (nSPS) is 17.0. The van der Waals surface area contributed by atoms with Crippen molar-refractivity contribution in [1.82, 2.24) is 9.97 Å². The number of benzene rings is 1. The van der Waals surface area contributed by atoms with Crippen LogP contribution in [0.15, 0.2) is 30.5 Å². The van der Waals surface area contributed by atoms with E-state index in [0.29, 0.717) is 16.5 Å². The fourth-order valence-electron chi connectivity index (χ4n) is 3.00. The van der Waals surface area contributed by atoms with E-state index in [0.717, 1.165) is 37.4 Å². The van der Waals surface area contributed by atoms with Gasteiger partial charge in [-0.25, -0.2) is 4.98 Å². The predicted octanol–water partition coefficient (Wildman–Crippen LogP) is 3.15. The number of anilines is 3. The van der Waals surface area contributed by atoms with Crippen LogP contribution in [-0.4, -0.2) is 43.2 Å². The number of halogens is 1. The van der Waals surface area contributed by atoms with Crippen LogP contribution >= 0.6 is 11.6 Å². The quantitative estimate of drug-likeness (QED) is 0.907. The molecule has 3 rings (SSSR count). The third-order valence-corrected chi connectivity index (χ3v) is 4.57. The minimum absolute atomic E-state index is 0.248. The fraction of sp³-hybridized carbons (Fsp3) is 0.389. The Morgan fingerprint density at radius 2 is 2.20 bits per heavy atom. The zero-order chi connectivity index (χ0) is 17.8. The van der Waals surface area contributed by atoms with E-state index in [1.807, 2.05) is 37.2 Å². The first kappa shape index (κ1) is 17.3. The maximum atomic E-state index is 8.98. The minimum atomic E-state index is 0.248. The van der Waals surface area contributed by atoms with Gasteiger partial charge in [-0.3, -0.25) is 0 Å². The van der Waals surface area contributed by atoms with Gasteiger partial charge in [-0.15, -0.1) is 0 Å². The number of nitrogens with zero attached hydrogens (tertiary/aromatic N) is 5. The molecule has 0 amide bonds. The Labute approximate surface area is 153 Å². The van der Waals surface area contributed by atoms with Crippen molar-refractivity contribution in [2.24, 2.45) is 0 Å². The average Bonchev–Trinajstić information content (AvgIpc) is 2.62. The van der Waals surface area contributed by atoms with E-state index in [1.165, 1.54) is 0 Å². The highest BCUT2D eigenvalue weighted by atomic mass is 35.5. The second-order valence-corrected chi connectivity index (χ2v) is 6.75. The molecule has 0 bridgehead atoms. The van der Waals surface area contributed by atoms with Gasteiger partial charge in [0.1, 0.15) is 5.82 Å². The number of nitriles is 1. The molecule has 2 aromatic rings. The predicted molar refractivity (Wildman–Crippen MR) is 101 cm³/mol.